The quantitative estimate of drug-likeness (QED) is 0.225. The van der Waals surface area contributed by atoms with Gasteiger partial charge in [-0.3, -0.25) is 4.99 Å². The van der Waals surface area contributed by atoms with Crippen LogP contribution in [0.25, 0.3) is 11.6 Å². The summed E-state index contributed by atoms with van der Waals surface area (Å²) in [6.07, 6.45) is 14.2. The van der Waals surface area contributed by atoms with Gasteiger partial charge in [-0.1, -0.05) is 65.9 Å². The van der Waals surface area contributed by atoms with Crippen molar-refractivity contribution in [2.75, 3.05) is 24.6 Å². The number of hydrogen-bond donors (Lipinski definition) is 1. The van der Waals surface area contributed by atoms with Gasteiger partial charge in [-0.15, -0.1) is 0 Å². The van der Waals surface area contributed by atoms with Gasteiger partial charge < -0.3 is 14.7 Å². The molecule has 0 radical (unpaired) electrons. The molecule has 2 heterocycles. The third kappa shape index (κ3) is 8.80. The average molecular weight is 624 g/mol. The van der Waals surface area contributed by atoms with Crippen LogP contribution in [0.1, 0.15) is 118 Å². The fourth-order valence-corrected chi connectivity index (χ4v) is 5.83. The maximum Gasteiger partial charge on any atom is 0.318 e. The first-order chi connectivity index (χ1) is 18.1. The topological polar surface area (TPSA) is 70.8 Å². The van der Waals surface area contributed by atoms with Gasteiger partial charge in [-0.05, 0) is 68.5 Å². The van der Waals surface area contributed by atoms with Crippen molar-refractivity contribution in [2.45, 2.75) is 118 Å². The Labute approximate surface area is 252 Å². The smallest absolute Gasteiger partial charge is 0.318 e. The van der Waals surface area contributed by atoms with Crippen LogP contribution >= 0.6 is 29.4 Å². The zero-order chi connectivity index (χ0) is 27.9. The summed E-state index contributed by atoms with van der Waals surface area (Å²) in [6.45, 7) is 17.0. The minimum Gasteiger partial charge on any atom is -0.463 e. The summed E-state index contributed by atoms with van der Waals surface area (Å²) >= 11 is 3.78. The summed E-state index contributed by atoms with van der Waals surface area (Å²) in [6, 6.07) is 0.619. The number of allylic oxidation sites excluding steroid dienone is 3. The predicted octanol–water partition coefficient (Wildman–Crippen LogP) is 8.10. The van der Waals surface area contributed by atoms with E-state index in [-0.39, 0.29) is 25.0 Å². The van der Waals surface area contributed by atoms with Crippen LogP contribution in [0.4, 0.5) is 5.82 Å². The second kappa shape index (κ2) is 15.0. The average Bonchev–Trinajstić information content (AvgIpc) is 3.25. The molecule has 1 aliphatic heterocycles. The van der Waals surface area contributed by atoms with Crippen LogP contribution in [0, 0.1) is 5.41 Å². The van der Waals surface area contributed by atoms with Crippen molar-refractivity contribution < 1.29 is 9.84 Å². The van der Waals surface area contributed by atoms with Gasteiger partial charge in [0, 0.05) is 34.6 Å². The van der Waals surface area contributed by atoms with E-state index >= 15 is 0 Å². The fourth-order valence-electron chi connectivity index (χ4n) is 5.30. The Hall–Kier alpha value is -1.38. The first-order valence-corrected chi connectivity index (χ1v) is 15.5. The lowest BCUT2D eigenvalue weighted by Crippen LogP contribution is -2.32. The molecule has 0 saturated carbocycles. The highest BCUT2D eigenvalue weighted by atomic mass is 79.9. The predicted molar refractivity (Wildman–Crippen MR) is 175 cm³/mol. The summed E-state index contributed by atoms with van der Waals surface area (Å²) in [5, 5.41) is 10.8. The Morgan fingerprint density at radius 2 is 1.90 bits per heavy atom. The minimum absolute atomic E-state index is 0. The second-order valence-corrected chi connectivity index (χ2v) is 12.7. The van der Waals surface area contributed by atoms with Crippen molar-refractivity contribution in [3.05, 3.63) is 21.8 Å². The van der Waals surface area contributed by atoms with Crippen LogP contribution in [0.5, 0.6) is 6.01 Å². The summed E-state index contributed by atoms with van der Waals surface area (Å²) < 4.78 is 7.35. The molecule has 8 heteroatoms. The highest BCUT2D eigenvalue weighted by Crippen LogP contribution is 2.41. The highest BCUT2D eigenvalue weighted by molar-refractivity contribution is 9.12. The van der Waals surface area contributed by atoms with Gasteiger partial charge in [-0.25, -0.2) is 0 Å². The van der Waals surface area contributed by atoms with Crippen LogP contribution in [0.15, 0.2) is 15.6 Å². The number of β-amino-alcohol motifs (C(OH)–C–C–N with tert-alkyl or cyclic N) is 1. The van der Waals surface area contributed by atoms with Gasteiger partial charge in [0.2, 0.25) is 0 Å². The molecule has 6 nitrogen and oxygen atoms in total. The van der Waals surface area contributed by atoms with E-state index in [9.17, 15) is 5.11 Å². The Morgan fingerprint density at radius 1 is 1.21 bits per heavy atom. The molecule has 3 unspecified atom stereocenters. The molecule has 0 bridgehead atoms. The number of anilines is 1. The second-order valence-electron chi connectivity index (χ2n) is 11.8. The molecule has 1 aliphatic carbocycles. The summed E-state index contributed by atoms with van der Waals surface area (Å²) in [5.41, 5.74) is 3.12. The summed E-state index contributed by atoms with van der Waals surface area (Å²) in [4.78, 5) is 17.1. The first-order valence-electron chi connectivity index (χ1n) is 14.7. The zero-order valence-corrected chi connectivity index (χ0v) is 27.8. The van der Waals surface area contributed by atoms with Crippen LogP contribution < -0.4 is 9.64 Å². The van der Waals surface area contributed by atoms with Crippen molar-refractivity contribution >= 4 is 52.6 Å². The van der Waals surface area contributed by atoms with Crippen molar-refractivity contribution in [3.8, 4) is 6.01 Å². The highest BCUT2D eigenvalue weighted by Gasteiger charge is 2.36. The van der Waals surface area contributed by atoms with Crippen molar-refractivity contribution in [1.82, 2.24) is 9.97 Å². The Kier molecular flexibility index (Phi) is 13.0. The minimum atomic E-state index is -0.744. The van der Waals surface area contributed by atoms with E-state index in [0.29, 0.717) is 25.6 Å². The van der Waals surface area contributed by atoms with Gasteiger partial charge in [-0.2, -0.15) is 23.5 Å². The number of aliphatic hydroxyl groups is 1. The van der Waals surface area contributed by atoms with Gasteiger partial charge in [0.25, 0.3) is 0 Å². The molecule has 2 aliphatic rings. The molecule has 0 spiro atoms. The number of fused-ring (bicyclic) bond motifs is 1. The Bertz CT molecular complexity index is 1060. The molecule has 1 saturated heterocycles. The zero-order valence-electron chi connectivity index (χ0n) is 25.2. The van der Waals surface area contributed by atoms with E-state index < -0.39 is 5.60 Å². The molecule has 1 aromatic rings. The Balaban J connectivity index is 0.00000533. The number of ether oxygens (including phenoxy) is 1. The van der Waals surface area contributed by atoms with E-state index in [1.807, 2.05) is 19.9 Å². The van der Waals surface area contributed by atoms with Crippen molar-refractivity contribution in [1.29, 1.82) is 0 Å². The lowest BCUT2D eigenvalue weighted by Gasteiger charge is -2.30. The Morgan fingerprint density at radius 3 is 2.49 bits per heavy atom. The lowest BCUT2D eigenvalue weighted by molar-refractivity contribution is 0.0838. The van der Waals surface area contributed by atoms with E-state index in [0.717, 1.165) is 58.6 Å². The van der Waals surface area contributed by atoms with Gasteiger partial charge in [0.1, 0.15) is 5.82 Å². The van der Waals surface area contributed by atoms with Crippen LogP contribution in [0.3, 0.4) is 0 Å². The van der Waals surface area contributed by atoms with Gasteiger partial charge in [0.15, 0.2) is 0 Å². The van der Waals surface area contributed by atoms with Crippen molar-refractivity contribution in [2.24, 2.45) is 10.4 Å². The molecule has 3 atom stereocenters. The molecule has 1 fully saturated rings. The molecule has 1 aromatic heterocycles. The third-order valence-corrected chi connectivity index (χ3v) is 8.56. The molecule has 3 rings (SSSR count). The standard InChI is InChI=1S/C31H49BrN4O2.H2S/c1-8-12-14-16-30(6,15-13-9-2)21-38-29-34-25-19-24(32)27(33-22(5)10-3)23(11-4)26(25)28(35-29)36-18-17-31(7,37)20-36;/h11,19,22,37H,8-10,12-18,20-21H2,1-7H3;1H2/b23-11-,33-27?;. The first kappa shape index (κ1) is 33.8. The third-order valence-electron chi connectivity index (χ3n) is 7.96. The molecule has 0 amide bonds. The van der Waals surface area contributed by atoms with E-state index in [1.165, 1.54) is 32.1 Å². The molecular weight excluding hydrogens is 572 g/mol. The monoisotopic (exact) mass is 622 g/mol. The molecule has 220 valence electrons. The maximum absolute atomic E-state index is 10.8. The molecule has 0 aromatic carbocycles. The molecule has 1 N–H and O–H groups in total. The van der Waals surface area contributed by atoms with E-state index in [2.05, 4.69) is 61.5 Å². The van der Waals surface area contributed by atoms with Gasteiger partial charge >= 0.3 is 6.01 Å². The number of nitrogens with zero attached hydrogens (tertiary/aromatic N) is 4. The normalized spacial score (nSPS) is 23.3. The van der Waals surface area contributed by atoms with E-state index in [4.69, 9.17) is 19.7 Å². The number of aromatic nitrogens is 2. The van der Waals surface area contributed by atoms with Crippen molar-refractivity contribution in [3.63, 3.8) is 0 Å². The molecular formula is C31H51BrN4O2S. The van der Waals surface area contributed by atoms with Crippen LogP contribution in [0.2, 0.25) is 0 Å². The summed E-state index contributed by atoms with van der Waals surface area (Å²) in [7, 11) is 0. The lowest BCUT2D eigenvalue weighted by atomic mass is 9.81. The number of aliphatic imine (C=N–C) groups is 1. The van der Waals surface area contributed by atoms with Crippen LogP contribution in [-0.2, 0) is 0 Å². The SMILES string of the molecule is C/C=C1\C(=NC(C)CC)C(Br)=Cc2nc(OCC(C)(CCCC)CCCCC)nc(N3CCC(C)(O)C3)c21.S. The van der Waals surface area contributed by atoms with Crippen LogP contribution in [-0.4, -0.2) is 52.1 Å². The summed E-state index contributed by atoms with van der Waals surface area (Å²) in [5.74, 6) is 0.824. The number of hydrogen-bond acceptors (Lipinski definition) is 6. The molecule has 39 heavy (non-hydrogen) atoms. The van der Waals surface area contributed by atoms with Gasteiger partial charge in [0.05, 0.1) is 29.2 Å². The number of unbranched alkanes of at least 4 members (excludes halogenated alkanes) is 3. The largest absolute Gasteiger partial charge is 0.463 e. The fraction of sp³-hybridized carbons (Fsp3) is 0.710. The number of rotatable bonds is 13. The number of halogens is 1. The van der Waals surface area contributed by atoms with E-state index in [1.54, 1.807) is 0 Å². The maximum atomic E-state index is 10.8.